The van der Waals surface area contributed by atoms with Gasteiger partial charge in [-0.05, 0) is 26.9 Å². The molecule has 0 spiro atoms. The number of nitrogens with one attached hydrogen (secondary N) is 1. The average molecular weight is 211 g/mol. The van der Waals surface area contributed by atoms with Gasteiger partial charge in [-0.3, -0.25) is 10.1 Å². The Balaban J connectivity index is 2.03. The summed E-state index contributed by atoms with van der Waals surface area (Å²) in [6.07, 6.45) is 5.05. The summed E-state index contributed by atoms with van der Waals surface area (Å²) in [7, 11) is 4.28. The average Bonchev–Trinajstić information content (AvgIpc) is 2.78. The Bertz CT molecular complexity index is 246. The molecule has 0 bridgehead atoms. The zero-order valence-corrected chi connectivity index (χ0v) is 9.75. The zero-order chi connectivity index (χ0) is 10.9. The van der Waals surface area contributed by atoms with Crippen LogP contribution in [0.15, 0.2) is 0 Å². The van der Waals surface area contributed by atoms with Crippen molar-refractivity contribution in [3.63, 3.8) is 0 Å². The Morgan fingerprint density at radius 2 is 2.07 bits per heavy atom. The van der Waals surface area contributed by atoms with E-state index in [9.17, 15) is 4.79 Å². The van der Waals surface area contributed by atoms with E-state index in [4.69, 9.17) is 0 Å². The third-order valence-electron chi connectivity index (χ3n) is 3.90. The summed E-state index contributed by atoms with van der Waals surface area (Å²) in [6.45, 7) is 2.14. The van der Waals surface area contributed by atoms with E-state index in [0.717, 1.165) is 13.2 Å². The fraction of sp³-hybridized carbons (Fsp3) is 0.909. The summed E-state index contributed by atoms with van der Waals surface area (Å²) in [5, 5.41) is 3.11. The molecule has 1 saturated carbocycles. The molecular weight excluding hydrogens is 190 g/mol. The Morgan fingerprint density at radius 1 is 1.40 bits per heavy atom. The van der Waals surface area contributed by atoms with E-state index < -0.39 is 0 Å². The summed E-state index contributed by atoms with van der Waals surface area (Å²) in [6, 6.07) is 0. The Hall–Kier alpha value is -0.610. The SMILES string of the molecule is CN(C)C1(CN2CNCC2=O)CCCC1. The van der Waals surface area contributed by atoms with Crippen molar-refractivity contribution in [3.8, 4) is 0 Å². The molecule has 0 radical (unpaired) electrons. The number of rotatable bonds is 3. The maximum Gasteiger partial charge on any atom is 0.237 e. The molecule has 4 heteroatoms. The molecule has 1 aliphatic carbocycles. The molecule has 86 valence electrons. The summed E-state index contributed by atoms with van der Waals surface area (Å²) in [4.78, 5) is 15.8. The molecule has 0 aromatic rings. The molecule has 0 aromatic carbocycles. The van der Waals surface area contributed by atoms with Gasteiger partial charge in [0.05, 0.1) is 13.2 Å². The van der Waals surface area contributed by atoms with Crippen molar-refractivity contribution in [2.45, 2.75) is 31.2 Å². The lowest BCUT2D eigenvalue weighted by Crippen LogP contribution is -2.51. The summed E-state index contributed by atoms with van der Waals surface area (Å²) < 4.78 is 0. The molecule has 0 unspecified atom stereocenters. The molecule has 1 aliphatic heterocycles. The molecule has 0 aromatic heterocycles. The third kappa shape index (κ3) is 2.01. The Kier molecular flexibility index (Phi) is 2.98. The highest BCUT2D eigenvalue weighted by molar-refractivity contribution is 5.80. The first-order valence-corrected chi connectivity index (χ1v) is 5.80. The van der Waals surface area contributed by atoms with Crippen molar-refractivity contribution in [1.82, 2.24) is 15.1 Å². The minimum absolute atomic E-state index is 0.238. The first-order valence-electron chi connectivity index (χ1n) is 5.80. The van der Waals surface area contributed by atoms with Gasteiger partial charge in [0, 0.05) is 12.1 Å². The van der Waals surface area contributed by atoms with E-state index in [1.807, 2.05) is 4.90 Å². The van der Waals surface area contributed by atoms with Crippen LogP contribution in [0.1, 0.15) is 25.7 Å². The van der Waals surface area contributed by atoms with Crippen LogP contribution < -0.4 is 5.32 Å². The van der Waals surface area contributed by atoms with Crippen LogP contribution in [-0.2, 0) is 4.79 Å². The van der Waals surface area contributed by atoms with Gasteiger partial charge in [-0.1, -0.05) is 12.8 Å². The number of hydrogen-bond donors (Lipinski definition) is 1. The minimum atomic E-state index is 0.238. The fourth-order valence-corrected chi connectivity index (χ4v) is 2.78. The van der Waals surface area contributed by atoms with E-state index in [2.05, 4.69) is 24.3 Å². The van der Waals surface area contributed by atoms with Crippen LogP contribution in [0.5, 0.6) is 0 Å². The predicted octanol–water partition coefficient (Wildman–Crippen LogP) is 0.250. The smallest absolute Gasteiger partial charge is 0.237 e. The fourth-order valence-electron chi connectivity index (χ4n) is 2.78. The van der Waals surface area contributed by atoms with Crippen molar-refractivity contribution in [1.29, 1.82) is 0 Å². The van der Waals surface area contributed by atoms with Crippen molar-refractivity contribution < 1.29 is 4.79 Å². The third-order valence-corrected chi connectivity index (χ3v) is 3.90. The topological polar surface area (TPSA) is 35.6 Å². The monoisotopic (exact) mass is 211 g/mol. The first-order chi connectivity index (χ1) is 7.14. The van der Waals surface area contributed by atoms with Gasteiger partial charge in [0.1, 0.15) is 0 Å². The second kappa shape index (κ2) is 4.10. The molecule has 1 saturated heterocycles. The van der Waals surface area contributed by atoms with Gasteiger partial charge >= 0.3 is 0 Å². The quantitative estimate of drug-likeness (QED) is 0.727. The van der Waals surface area contributed by atoms with Crippen molar-refractivity contribution >= 4 is 5.91 Å². The van der Waals surface area contributed by atoms with E-state index in [1.165, 1.54) is 25.7 Å². The first kappa shape index (κ1) is 10.9. The summed E-state index contributed by atoms with van der Waals surface area (Å²) >= 11 is 0. The van der Waals surface area contributed by atoms with E-state index in [0.29, 0.717) is 6.54 Å². The van der Waals surface area contributed by atoms with Crippen LogP contribution in [0, 0.1) is 0 Å². The van der Waals surface area contributed by atoms with Crippen LogP contribution >= 0.6 is 0 Å². The minimum Gasteiger partial charge on any atom is -0.327 e. The van der Waals surface area contributed by atoms with Gasteiger partial charge < -0.3 is 9.80 Å². The standard InChI is InChI=1S/C11H21N3O/c1-13(2)11(5-3-4-6-11)8-14-9-12-7-10(14)15/h12H,3-9H2,1-2H3. The number of carbonyl (C=O) groups excluding carboxylic acids is 1. The number of hydrogen-bond acceptors (Lipinski definition) is 3. The van der Waals surface area contributed by atoms with Crippen LogP contribution in [0.4, 0.5) is 0 Å². The maximum atomic E-state index is 11.6. The predicted molar refractivity (Wildman–Crippen MR) is 59.5 cm³/mol. The lowest BCUT2D eigenvalue weighted by molar-refractivity contribution is -0.128. The number of likely N-dealkylation sites (N-methyl/N-ethyl adjacent to an activating group) is 1. The molecule has 0 atom stereocenters. The molecule has 1 heterocycles. The summed E-state index contributed by atoms with van der Waals surface area (Å²) in [5.41, 5.74) is 0.238. The van der Waals surface area contributed by atoms with E-state index in [1.54, 1.807) is 0 Å². The lowest BCUT2D eigenvalue weighted by Gasteiger charge is -2.39. The van der Waals surface area contributed by atoms with Crippen molar-refractivity contribution in [2.24, 2.45) is 0 Å². The molecule has 4 nitrogen and oxygen atoms in total. The Labute approximate surface area is 91.6 Å². The van der Waals surface area contributed by atoms with Gasteiger partial charge in [0.25, 0.3) is 0 Å². The summed E-state index contributed by atoms with van der Waals surface area (Å²) in [5.74, 6) is 0.253. The van der Waals surface area contributed by atoms with Gasteiger partial charge in [0.2, 0.25) is 5.91 Å². The van der Waals surface area contributed by atoms with Crippen molar-refractivity contribution in [3.05, 3.63) is 0 Å². The molecule has 15 heavy (non-hydrogen) atoms. The van der Waals surface area contributed by atoms with Gasteiger partial charge in [-0.15, -0.1) is 0 Å². The zero-order valence-electron chi connectivity index (χ0n) is 9.75. The normalized spacial score (nSPS) is 25.5. The van der Waals surface area contributed by atoms with Gasteiger partial charge in [-0.25, -0.2) is 0 Å². The largest absolute Gasteiger partial charge is 0.327 e. The molecule has 2 rings (SSSR count). The van der Waals surface area contributed by atoms with Crippen LogP contribution in [0.3, 0.4) is 0 Å². The second-order valence-electron chi connectivity index (χ2n) is 5.00. The van der Waals surface area contributed by atoms with Crippen LogP contribution in [-0.4, -0.2) is 55.1 Å². The lowest BCUT2D eigenvalue weighted by atomic mass is 9.95. The highest BCUT2D eigenvalue weighted by atomic mass is 16.2. The number of amides is 1. The highest BCUT2D eigenvalue weighted by Crippen LogP contribution is 2.34. The van der Waals surface area contributed by atoms with Crippen molar-refractivity contribution in [2.75, 3.05) is 33.9 Å². The molecule has 1 amide bonds. The molecule has 2 fully saturated rings. The number of carbonyl (C=O) groups is 1. The van der Waals surface area contributed by atoms with Gasteiger partial charge in [0.15, 0.2) is 0 Å². The molecular formula is C11H21N3O. The van der Waals surface area contributed by atoms with Gasteiger partial charge in [-0.2, -0.15) is 0 Å². The van der Waals surface area contributed by atoms with Crippen LogP contribution in [0.2, 0.25) is 0 Å². The Morgan fingerprint density at radius 3 is 2.53 bits per heavy atom. The van der Waals surface area contributed by atoms with Crippen LogP contribution in [0.25, 0.3) is 0 Å². The van der Waals surface area contributed by atoms with E-state index >= 15 is 0 Å². The highest BCUT2D eigenvalue weighted by Gasteiger charge is 2.39. The second-order valence-corrected chi connectivity index (χ2v) is 5.00. The maximum absolute atomic E-state index is 11.6. The molecule has 2 aliphatic rings. The van der Waals surface area contributed by atoms with E-state index in [-0.39, 0.29) is 11.4 Å². The molecule has 1 N–H and O–H groups in total. The number of nitrogens with zero attached hydrogens (tertiary/aromatic N) is 2.